The molecule has 2 aromatic carbocycles. The molecule has 0 spiro atoms. The number of methoxy groups -OCH3 is 1. The zero-order chi connectivity index (χ0) is 18.7. The van der Waals surface area contributed by atoms with Crippen LogP contribution in [0.3, 0.4) is 0 Å². The largest absolute Gasteiger partial charge is 0.497 e. The highest BCUT2D eigenvalue weighted by Gasteiger charge is 2.31. The molecule has 0 radical (unpaired) electrons. The van der Waals surface area contributed by atoms with E-state index in [-0.39, 0.29) is 10.6 Å². The summed E-state index contributed by atoms with van der Waals surface area (Å²) >= 11 is 0. The molecule has 26 heavy (non-hydrogen) atoms. The first-order valence-corrected chi connectivity index (χ1v) is 9.55. The molecule has 9 heteroatoms. The van der Waals surface area contributed by atoms with E-state index in [1.165, 1.54) is 16.4 Å². The van der Waals surface area contributed by atoms with Crippen LogP contribution < -0.4 is 10.1 Å². The fourth-order valence-corrected chi connectivity index (χ4v) is 4.52. The van der Waals surface area contributed by atoms with Gasteiger partial charge in [-0.1, -0.05) is 0 Å². The summed E-state index contributed by atoms with van der Waals surface area (Å²) in [5, 5.41) is 14.1. The summed E-state index contributed by atoms with van der Waals surface area (Å²) in [5.74, 6) is 0.671. The molecule has 1 fully saturated rings. The van der Waals surface area contributed by atoms with E-state index in [9.17, 15) is 18.5 Å². The summed E-state index contributed by atoms with van der Waals surface area (Å²) in [4.78, 5) is 10.4. The van der Waals surface area contributed by atoms with Gasteiger partial charge in [0, 0.05) is 30.9 Å². The molecule has 138 valence electrons. The number of anilines is 2. The number of sulfonamides is 1. The lowest BCUT2D eigenvalue weighted by Gasteiger charge is -2.19. The number of nitro groups is 1. The lowest BCUT2D eigenvalue weighted by Crippen LogP contribution is -2.28. The monoisotopic (exact) mass is 377 g/mol. The molecule has 0 atom stereocenters. The quantitative estimate of drug-likeness (QED) is 0.613. The molecule has 2 aromatic rings. The molecule has 0 amide bonds. The number of nitro benzene ring substituents is 1. The Hall–Kier alpha value is -2.65. The van der Waals surface area contributed by atoms with Crippen LogP contribution in [0.2, 0.25) is 0 Å². The average Bonchev–Trinajstić information content (AvgIpc) is 3.18. The maximum Gasteiger partial charge on any atom is 0.270 e. The van der Waals surface area contributed by atoms with Crippen molar-refractivity contribution < 1.29 is 18.1 Å². The summed E-state index contributed by atoms with van der Waals surface area (Å²) in [6.45, 7) is 0.847. The average molecular weight is 377 g/mol. The molecule has 1 aliphatic rings. The lowest BCUT2D eigenvalue weighted by molar-refractivity contribution is -0.385. The zero-order valence-electron chi connectivity index (χ0n) is 14.2. The Balaban J connectivity index is 2.02. The first kappa shape index (κ1) is 18.2. The van der Waals surface area contributed by atoms with Crippen LogP contribution in [0.5, 0.6) is 5.75 Å². The van der Waals surface area contributed by atoms with Gasteiger partial charge in [-0.25, -0.2) is 8.42 Å². The topological polar surface area (TPSA) is 102 Å². The molecule has 8 nitrogen and oxygen atoms in total. The van der Waals surface area contributed by atoms with Crippen molar-refractivity contribution in [2.75, 3.05) is 25.5 Å². The fourth-order valence-electron chi connectivity index (χ4n) is 2.84. The number of non-ortho nitro benzene ring substituents is 1. The number of ether oxygens (including phenoxy) is 1. The van der Waals surface area contributed by atoms with E-state index in [4.69, 9.17) is 4.74 Å². The predicted molar refractivity (Wildman–Crippen MR) is 97.4 cm³/mol. The van der Waals surface area contributed by atoms with Crippen LogP contribution in [0.1, 0.15) is 12.8 Å². The second-order valence-electron chi connectivity index (χ2n) is 5.90. The molecule has 1 saturated heterocycles. The lowest BCUT2D eigenvalue weighted by atomic mass is 10.2. The van der Waals surface area contributed by atoms with Gasteiger partial charge in [0.25, 0.3) is 5.69 Å². The Morgan fingerprint density at radius 1 is 1.12 bits per heavy atom. The summed E-state index contributed by atoms with van der Waals surface area (Å²) in [5.41, 5.74) is 0.688. The van der Waals surface area contributed by atoms with Crippen molar-refractivity contribution in [1.82, 2.24) is 4.31 Å². The number of benzene rings is 2. The summed E-state index contributed by atoms with van der Waals surface area (Å²) < 4.78 is 32.4. The van der Waals surface area contributed by atoms with E-state index in [1.54, 1.807) is 31.4 Å². The van der Waals surface area contributed by atoms with Gasteiger partial charge < -0.3 is 10.1 Å². The second kappa shape index (κ2) is 7.30. The van der Waals surface area contributed by atoms with Crippen LogP contribution in [0.15, 0.2) is 47.4 Å². The molecule has 0 aliphatic carbocycles. The summed E-state index contributed by atoms with van der Waals surface area (Å²) in [6, 6.07) is 10.8. The van der Waals surface area contributed by atoms with E-state index in [2.05, 4.69) is 5.32 Å². The Morgan fingerprint density at radius 2 is 1.77 bits per heavy atom. The highest BCUT2D eigenvalue weighted by molar-refractivity contribution is 7.89. The molecule has 1 N–H and O–H groups in total. The molecule has 0 bridgehead atoms. The SMILES string of the molecule is COc1ccc(Nc2ccc([N+](=O)[O-])cc2S(=O)(=O)N2CCCC2)cc1. The molecule has 0 saturated carbocycles. The molecular weight excluding hydrogens is 358 g/mol. The minimum Gasteiger partial charge on any atom is -0.497 e. The minimum atomic E-state index is -3.82. The number of hydrogen-bond donors (Lipinski definition) is 1. The van der Waals surface area contributed by atoms with Gasteiger partial charge in [-0.05, 0) is 43.2 Å². The second-order valence-corrected chi connectivity index (χ2v) is 7.81. The molecule has 0 unspecified atom stereocenters. The van der Waals surface area contributed by atoms with Gasteiger partial charge in [-0.3, -0.25) is 10.1 Å². The van der Waals surface area contributed by atoms with Crippen molar-refractivity contribution in [2.45, 2.75) is 17.7 Å². The van der Waals surface area contributed by atoms with Gasteiger partial charge >= 0.3 is 0 Å². The fraction of sp³-hybridized carbons (Fsp3) is 0.294. The number of nitrogens with zero attached hydrogens (tertiary/aromatic N) is 2. The van der Waals surface area contributed by atoms with Gasteiger partial charge in [0.1, 0.15) is 10.6 Å². The van der Waals surface area contributed by atoms with Crippen LogP contribution in [0.25, 0.3) is 0 Å². The van der Waals surface area contributed by atoms with Gasteiger partial charge in [0.15, 0.2) is 0 Å². The zero-order valence-corrected chi connectivity index (χ0v) is 15.0. The third-order valence-corrected chi connectivity index (χ3v) is 6.17. The Bertz CT molecular complexity index is 906. The summed E-state index contributed by atoms with van der Waals surface area (Å²) in [7, 11) is -2.26. The molecule has 0 aromatic heterocycles. The molecule has 1 aliphatic heterocycles. The minimum absolute atomic E-state index is 0.0931. The van der Waals surface area contributed by atoms with Crippen molar-refractivity contribution >= 4 is 27.1 Å². The molecule has 1 heterocycles. The number of rotatable bonds is 6. The first-order valence-electron chi connectivity index (χ1n) is 8.11. The van der Waals surface area contributed by atoms with E-state index in [1.807, 2.05) is 0 Å². The van der Waals surface area contributed by atoms with E-state index >= 15 is 0 Å². The van der Waals surface area contributed by atoms with Gasteiger partial charge in [-0.2, -0.15) is 4.31 Å². The highest BCUT2D eigenvalue weighted by atomic mass is 32.2. The van der Waals surface area contributed by atoms with Crippen LogP contribution in [0.4, 0.5) is 17.1 Å². The number of hydrogen-bond acceptors (Lipinski definition) is 6. The van der Waals surface area contributed by atoms with E-state index < -0.39 is 14.9 Å². The summed E-state index contributed by atoms with van der Waals surface area (Å²) in [6.07, 6.45) is 1.57. The third-order valence-electron chi connectivity index (χ3n) is 4.23. The standard InChI is InChI=1S/C17H19N3O5S/c1-25-15-7-4-13(5-8-15)18-16-9-6-14(20(21)22)12-17(16)26(23,24)19-10-2-3-11-19/h4-9,12,18H,2-3,10-11H2,1H3. The smallest absolute Gasteiger partial charge is 0.270 e. The maximum absolute atomic E-state index is 13.0. The van der Waals surface area contributed by atoms with Crippen LogP contribution in [-0.2, 0) is 10.0 Å². The highest BCUT2D eigenvalue weighted by Crippen LogP contribution is 2.32. The van der Waals surface area contributed by atoms with E-state index in [0.717, 1.165) is 18.9 Å². The normalized spacial score (nSPS) is 15.0. The van der Waals surface area contributed by atoms with Crippen LogP contribution in [0, 0.1) is 10.1 Å². The molecular formula is C17H19N3O5S. The van der Waals surface area contributed by atoms with Gasteiger partial charge in [-0.15, -0.1) is 0 Å². The van der Waals surface area contributed by atoms with Gasteiger partial charge in [0.05, 0.1) is 17.7 Å². The Kier molecular flexibility index (Phi) is 5.10. The Morgan fingerprint density at radius 3 is 2.35 bits per heavy atom. The van der Waals surface area contributed by atoms with Crippen molar-refractivity contribution in [1.29, 1.82) is 0 Å². The van der Waals surface area contributed by atoms with Crippen molar-refractivity contribution in [3.05, 3.63) is 52.6 Å². The third kappa shape index (κ3) is 3.63. The van der Waals surface area contributed by atoms with Crippen LogP contribution in [-0.4, -0.2) is 37.8 Å². The van der Waals surface area contributed by atoms with Crippen molar-refractivity contribution in [3.63, 3.8) is 0 Å². The van der Waals surface area contributed by atoms with Crippen molar-refractivity contribution in [3.8, 4) is 5.75 Å². The van der Waals surface area contributed by atoms with E-state index in [0.29, 0.717) is 30.2 Å². The maximum atomic E-state index is 13.0. The molecule has 3 rings (SSSR count). The van der Waals surface area contributed by atoms with Crippen molar-refractivity contribution in [2.24, 2.45) is 0 Å². The predicted octanol–water partition coefficient (Wildman–Crippen LogP) is 3.13. The first-order chi connectivity index (χ1) is 12.4. The Labute approximate surface area is 151 Å². The van der Waals surface area contributed by atoms with Crippen LogP contribution >= 0.6 is 0 Å². The van der Waals surface area contributed by atoms with Gasteiger partial charge in [0.2, 0.25) is 10.0 Å². The number of nitrogens with one attached hydrogen (secondary N) is 1.